The minimum atomic E-state index is 0.0393. The molecule has 2 rings (SSSR count). The second-order valence-corrected chi connectivity index (χ2v) is 6.31. The molecule has 2 amide bonds. The van der Waals surface area contributed by atoms with Gasteiger partial charge in [-0.1, -0.05) is 0 Å². The number of methoxy groups -OCH3 is 1. The van der Waals surface area contributed by atoms with Gasteiger partial charge in [0.2, 0.25) is 11.8 Å². The Labute approximate surface area is 138 Å². The number of ether oxygens (including phenoxy) is 1. The quantitative estimate of drug-likeness (QED) is 0.572. The van der Waals surface area contributed by atoms with Crippen molar-refractivity contribution in [3.63, 3.8) is 0 Å². The molecule has 7 nitrogen and oxygen atoms in total. The molecule has 2 aliphatic rings. The third-order valence-corrected chi connectivity index (χ3v) is 4.47. The maximum absolute atomic E-state index is 12.3. The van der Waals surface area contributed by atoms with E-state index in [9.17, 15) is 9.59 Å². The normalized spacial score (nSPS) is 19.6. The van der Waals surface area contributed by atoms with Crippen LogP contribution in [0.5, 0.6) is 0 Å². The summed E-state index contributed by atoms with van der Waals surface area (Å²) in [5, 5.41) is 2.84. The van der Waals surface area contributed by atoms with Crippen LogP contribution in [0.1, 0.15) is 19.8 Å². The van der Waals surface area contributed by atoms with E-state index in [1.54, 1.807) is 7.11 Å². The Morgan fingerprint density at radius 1 is 1.13 bits per heavy atom. The summed E-state index contributed by atoms with van der Waals surface area (Å²) in [4.78, 5) is 30.4. The summed E-state index contributed by atoms with van der Waals surface area (Å²) >= 11 is 0. The summed E-state index contributed by atoms with van der Waals surface area (Å²) in [6.07, 6.45) is 2.32. The minimum absolute atomic E-state index is 0.0393. The van der Waals surface area contributed by atoms with Crippen molar-refractivity contribution in [3.05, 3.63) is 0 Å². The molecule has 1 aliphatic heterocycles. The lowest BCUT2D eigenvalue weighted by atomic mass is 10.3. The van der Waals surface area contributed by atoms with Crippen LogP contribution in [0, 0.1) is 0 Å². The topological polar surface area (TPSA) is 65.1 Å². The van der Waals surface area contributed by atoms with Gasteiger partial charge >= 0.3 is 0 Å². The number of hydrogen-bond acceptors (Lipinski definition) is 5. The lowest BCUT2D eigenvalue weighted by Gasteiger charge is -2.35. The fraction of sp³-hybridized carbons (Fsp3) is 0.875. The highest BCUT2D eigenvalue weighted by molar-refractivity contribution is 5.79. The van der Waals surface area contributed by atoms with E-state index in [1.165, 1.54) is 0 Å². The summed E-state index contributed by atoms with van der Waals surface area (Å²) < 4.78 is 4.91. The van der Waals surface area contributed by atoms with E-state index in [4.69, 9.17) is 4.74 Å². The van der Waals surface area contributed by atoms with Gasteiger partial charge in [0.1, 0.15) is 0 Å². The Morgan fingerprint density at radius 3 is 2.26 bits per heavy atom. The minimum Gasteiger partial charge on any atom is -0.383 e. The molecule has 0 aromatic heterocycles. The van der Waals surface area contributed by atoms with E-state index >= 15 is 0 Å². The zero-order valence-corrected chi connectivity index (χ0v) is 14.4. The number of rotatable bonds is 9. The molecule has 23 heavy (non-hydrogen) atoms. The van der Waals surface area contributed by atoms with Crippen LogP contribution >= 0.6 is 0 Å². The fourth-order valence-electron chi connectivity index (χ4n) is 2.96. The first kappa shape index (κ1) is 18.2. The highest BCUT2D eigenvalue weighted by Crippen LogP contribution is 2.26. The van der Waals surface area contributed by atoms with Crippen LogP contribution in [0.3, 0.4) is 0 Å². The number of nitrogens with one attached hydrogen (secondary N) is 1. The van der Waals surface area contributed by atoms with Gasteiger partial charge in [-0.15, -0.1) is 0 Å². The summed E-state index contributed by atoms with van der Waals surface area (Å²) in [7, 11) is 1.62. The van der Waals surface area contributed by atoms with Crippen molar-refractivity contribution < 1.29 is 14.3 Å². The van der Waals surface area contributed by atoms with Gasteiger partial charge < -0.3 is 15.0 Å². The third-order valence-electron chi connectivity index (χ3n) is 4.47. The van der Waals surface area contributed by atoms with Crippen LogP contribution in [0.15, 0.2) is 0 Å². The van der Waals surface area contributed by atoms with E-state index in [0.29, 0.717) is 32.3 Å². The molecule has 0 bridgehead atoms. The molecular formula is C16H30N4O3. The lowest BCUT2D eigenvalue weighted by Crippen LogP contribution is -2.52. The number of hydrogen-bond donors (Lipinski definition) is 1. The molecule has 1 aliphatic carbocycles. The molecule has 7 heteroatoms. The van der Waals surface area contributed by atoms with Crippen molar-refractivity contribution in [1.82, 2.24) is 20.0 Å². The average molecular weight is 326 g/mol. The predicted octanol–water partition coefficient (Wildman–Crippen LogP) is -0.622. The molecule has 1 heterocycles. The van der Waals surface area contributed by atoms with Crippen LogP contribution < -0.4 is 5.32 Å². The van der Waals surface area contributed by atoms with Crippen LogP contribution in [0.25, 0.3) is 0 Å². The monoisotopic (exact) mass is 326 g/mol. The SMILES string of the molecule is CCN(C(=O)CN1CCN(CC(=O)NCCOC)CC1)C1CC1. The fourth-order valence-corrected chi connectivity index (χ4v) is 2.96. The van der Waals surface area contributed by atoms with Crippen molar-refractivity contribution >= 4 is 11.8 Å². The molecule has 2 fully saturated rings. The Balaban J connectivity index is 1.63. The highest BCUT2D eigenvalue weighted by Gasteiger charge is 2.32. The molecule has 132 valence electrons. The molecular weight excluding hydrogens is 296 g/mol. The van der Waals surface area contributed by atoms with E-state index < -0.39 is 0 Å². The highest BCUT2D eigenvalue weighted by atomic mass is 16.5. The van der Waals surface area contributed by atoms with E-state index in [0.717, 1.165) is 45.6 Å². The number of likely N-dealkylation sites (N-methyl/N-ethyl adjacent to an activating group) is 1. The van der Waals surface area contributed by atoms with Crippen molar-refractivity contribution in [2.45, 2.75) is 25.8 Å². The summed E-state index contributed by atoms with van der Waals surface area (Å²) in [5.74, 6) is 0.290. The van der Waals surface area contributed by atoms with Gasteiger partial charge in [0, 0.05) is 52.4 Å². The van der Waals surface area contributed by atoms with E-state index in [2.05, 4.69) is 22.0 Å². The van der Waals surface area contributed by atoms with Crippen LogP contribution in [-0.2, 0) is 14.3 Å². The standard InChI is InChI=1S/C16H30N4O3/c1-3-20(14-4-5-14)16(22)13-19-9-7-18(8-10-19)12-15(21)17-6-11-23-2/h14H,3-13H2,1-2H3,(H,17,21). The Bertz CT molecular complexity index is 393. The Morgan fingerprint density at radius 2 is 1.74 bits per heavy atom. The van der Waals surface area contributed by atoms with Gasteiger partial charge in [-0.3, -0.25) is 19.4 Å². The first-order valence-corrected chi connectivity index (χ1v) is 8.63. The summed E-state index contributed by atoms with van der Waals surface area (Å²) in [6.45, 7) is 8.25. The molecule has 0 aromatic carbocycles. The zero-order valence-electron chi connectivity index (χ0n) is 14.4. The number of carbonyl (C=O) groups is 2. The summed E-state index contributed by atoms with van der Waals surface area (Å²) in [6, 6.07) is 0.490. The summed E-state index contributed by atoms with van der Waals surface area (Å²) in [5.41, 5.74) is 0. The molecule has 0 spiro atoms. The molecule has 1 saturated carbocycles. The molecule has 1 saturated heterocycles. The van der Waals surface area contributed by atoms with Crippen LogP contribution in [0.2, 0.25) is 0 Å². The van der Waals surface area contributed by atoms with Gasteiger partial charge in [0.15, 0.2) is 0 Å². The lowest BCUT2D eigenvalue weighted by molar-refractivity contribution is -0.133. The molecule has 0 unspecified atom stereocenters. The van der Waals surface area contributed by atoms with Crippen LogP contribution in [-0.4, -0.2) is 98.6 Å². The van der Waals surface area contributed by atoms with E-state index in [-0.39, 0.29) is 11.8 Å². The smallest absolute Gasteiger partial charge is 0.236 e. The zero-order chi connectivity index (χ0) is 16.7. The van der Waals surface area contributed by atoms with E-state index in [1.807, 2.05) is 4.90 Å². The second-order valence-electron chi connectivity index (χ2n) is 6.31. The first-order chi connectivity index (χ1) is 11.1. The molecule has 0 atom stereocenters. The maximum atomic E-state index is 12.3. The molecule has 0 radical (unpaired) electrons. The van der Waals surface area contributed by atoms with Crippen molar-refractivity contribution in [1.29, 1.82) is 0 Å². The van der Waals surface area contributed by atoms with Gasteiger partial charge in [0.05, 0.1) is 19.7 Å². The molecule has 0 aromatic rings. The Hall–Kier alpha value is -1.18. The van der Waals surface area contributed by atoms with Crippen molar-refractivity contribution in [3.8, 4) is 0 Å². The first-order valence-electron chi connectivity index (χ1n) is 8.63. The van der Waals surface area contributed by atoms with Gasteiger partial charge in [-0.2, -0.15) is 0 Å². The van der Waals surface area contributed by atoms with Crippen molar-refractivity contribution in [2.75, 3.05) is 66.1 Å². The third kappa shape index (κ3) is 6.08. The number of piperazine rings is 1. The van der Waals surface area contributed by atoms with Gasteiger partial charge in [0.25, 0.3) is 0 Å². The second kappa shape index (κ2) is 9.20. The Kier molecular flexibility index (Phi) is 7.26. The molecule has 1 N–H and O–H groups in total. The average Bonchev–Trinajstić information content (AvgIpc) is 3.35. The largest absolute Gasteiger partial charge is 0.383 e. The maximum Gasteiger partial charge on any atom is 0.236 e. The number of amides is 2. The van der Waals surface area contributed by atoms with Gasteiger partial charge in [-0.25, -0.2) is 0 Å². The number of nitrogens with zero attached hydrogens (tertiary/aromatic N) is 3. The van der Waals surface area contributed by atoms with Crippen LogP contribution in [0.4, 0.5) is 0 Å². The predicted molar refractivity (Wildman–Crippen MR) is 88.2 cm³/mol. The van der Waals surface area contributed by atoms with Gasteiger partial charge in [-0.05, 0) is 19.8 Å². The number of carbonyl (C=O) groups excluding carboxylic acids is 2. The van der Waals surface area contributed by atoms with Crippen molar-refractivity contribution in [2.24, 2.45) is 0 Å².